The molecule has 1 aromatic heterocycles. The molecule has 1 saturated carbocycles. The Balaban J connectivity index is 2.27. The molecule has 0 atom stereocenters. The molecule has 3 rings (SSSR count). The van der Waals surface area contributed by atoms with E-state index in [1.807, 2.05) is 11.5 Å². The second kappa shape index (κ2) is 4.27. The first-order valence-electron chi connectivity index (χ1n) is 6.52. The number of alkyl halides is 3. The molecule has 20 heavy (non-hydrogen) atoms. The van der Waals surface area contributed by atoms with Gasteiger partial charge in [0.1, 0.15) is 0 Å². The number of nitriles is 1. The molecule has 1 heterocycles. The number of rotatable bonds is 2. The van der Waals surface area contributed by atoms with Crippen LogP contribution in [0.3, 0.4) is 0 Å². The SMILES string of the molecule is Cc1cc2c(C(F)(F)F)c(C#N)ccc2n1CC1CC1. The molecule has 2 nitrogen and oxygen atoms in total. The zero-order valence-electron chi connectivity index (χ0n) is 11.0. The zero-order valence-corrected chi connectivity index (χ0v) is 11.0. The number of fused-ring (bicyclic) bond motifs is 1. The van der Waals surface area contributed by atoms with E-state index in [0.29, 0.717) is 11.4 Å². The van der Waals surface area contributed by atoms with Gasteiger partial charge in [0, 0.05) is 23.1 Å². The molecule has 1 aliphatic carbocycles. The van der Waals surface area contributed by atoms with Crippen molar-refractivity contribution in [3.8, 4) is 6.07 Å². The van der Waals surface area contributed by atoms with Crippen molar-refractivity contribution in [1.82, 2.24) is 4.57 Å². The molecule has 5 heteroatoms. The van der Waals surface area contributed by atoms with Crippen LogP contribution < -0.4 is 0 Å². The molecule has 0 N–H and O–H groups in total. The lowest BCUT2D eigenvalue weighted by Crippen LogP contribution is -2.09. The molecule has 1 aliphatic rings. The summed E-state index contributed by atoms with van der Waals surface area (Å²) in [5, 5.41) is 9.05. The van der Waals surface area contributed by atoms with Crippen LogP contribution in [0.5, 0.6) is 0 Å². The molecule has 1 fully saturated rings. The van der Waals surface area contributed by atoms with E-state index in [4.69, 9.17) is 5.26 Å². The standard InChI is InChI=1S/C15H13F3N2/c1-9-6-12-13(20(9)8-10-2-3-10)5-4-11(7-19)14(12)15(16,17)18/h4-6,10H,2-3,8H2,1H3. The number of benzene rings is 1. The molecule has 0 aliphatic heterocycles. The van der Waals surface area contributed by atoms with Crippen LogP contribution in [0, 0.1) is 24.2 Å². The van der Waals surface area contributed by atoms with Gasteiger partial charge in [0.05, 0.1) is 17.2 Å². The Morgan fingerprint density at radius 3 is 2.60 bits per heavy atom. The first-order chi connectivity index (χ1) is 9.41. The predicted molar refractivity (Wildman–Crippen MR) is 69.1 cm³/mol. The third-order valence-electron chi connectivity index (χ3n) is 3.83. The molecule has 0 saturated heterocycles. The molecular weight excluding hydrogens is 265 g/mol. The molecule has 0 amide bonds. The van der Waals surface area contributed by atoms with E-state index in [2.05, 4.69) is 0 Å². The summed E-state index contributed by atoms with van der Waals surface area (Å²) in [6.45, 7) is 2.58. The average molecular weight is 278 g/mol. The third kappa shape index (κ3) is 2.05. The summed E-state index contributed by atoms with van der Waals surface area (Å²) >= 11 is 0. The largest absolute Gasteiger partial charge is 0.418 e. The maximum absolute atomic E-state index is 13.2. The molecule has 1 aromatic carbocycles. The van der Waals surface area contributed by atoms with E-state index < -0.39 is 11.7 Å². The zero-order chi connectivity index (χ0) is 14.5. The van der Waals surface area contributed by atoms with E-state index in [1.165, 1.54) is 6.07 Å². The summed E-state index contributed by atoms with van der Waals surface area (Å²) in [7, 11) is 0. The van der Waals surface area contributed by atoms with E-state index >= 15 is 0 Å². The van der Waals surface area contributed by atoms with Gasteiger partial charge < -0.3 is 4.57 Å². The van der Waals surface area contributed by atoms with Crippen LogP contribution in [0.4, 0.5) is 13.2 Å². The number of hydrogen-bond acceptors (Lipinski definition) is 1. The monoisotopic (exact) mass is 278 g/mol. The minimum Gasteiger partial charge on any atom is -0.345 e. The highest BCUT2D eigenvalue weighted by Crippen LogP contribution is 2.39. The molecule has 0 spiro atoms. The Morgan fingerprint density at radius 2 is 2.05 bits per heavy atom. The van der Waals surface area contributed by atoms with Gasteiger partial charge in [-0.25, -0.2) is 0 Å². The Hall–Kier alpha value is -1.96. The lowest BCUT2D eigenvalue weighted by molar-refractivity contribution is -0.136. The fourth-order valence-electron chi connectivity index (χ4n) is 2.67. The van der Waals surface area contributed by atoms with Crippen molar-refractivity contribution in [2.24, 2.45) is 5.92 Å². The van der Waals surface area contributed by atoms with Crippen LogP contribution in [-0.2, 0) is 12.7 Å². The summed E-state index contributed by atoms with van der Waals surface area (Å²) in [5.74, 6) is 0.578. The highest BCUT2D eigenvalue weighted by molar-refractivity contribution is 5.87. The second-order valence-corrected chi connectivity index (χ2v) is 5.37. The Morgan fingerprint density at radius 1 is 1.35 bits per heavy atom. The number of aromatic nitrogens is 1. The van der Waals surface area contributed by atoms with E-state index in [9.17, 15) is 13.2 Å². The molecule has 0 bridgehead atoms. The molecule has 104 valence electrons. The number of halogens is 3. The Kier molecular flexibility index (Phi) is 2.79. The lowest BCUT2D eigenvalue weighted by atomic mass is 10.0. The average Bonchev–Trinajstić information content (AvgIpc) is 3.12. The van der Waals surface area contributed by atoms with Gasteiger partial charge in [-0.05, 0) is 43.9 Å². The molecule has 0 radical (unpaired) electrons. The summed E-state index contributed by atoms with van der Waals surface area (Å²) in [6, 6.07) is 6.09. The van der Waals surface area contributed by atoms with Crippen LogP contribution in [0.2, 0.25) is 0 Å². The lowest BCUT2D eigenvalue weighted by Gasteiger charge is -2.11. The number of aryl methyl sites for hydroxylation is 1. The summed E-state index contributed by atoms with van der Waals surface area (Å²) in [4.78, 5) is 0. The maximum Gasteiger partial charge on any atom is 0.418 e. The highest BCUT2D eigenvalue weighted by atomic mass is 19.4. The predicted octanol–water partition coefficient (Wildman–Crippen LogP) is 4.25. The fourth-order valence-corrected chi connectivity index (χ4v) is 2.67. The van der Waals surface area contributed by atoms with E-state index in [1.54, 1.807) is 18.2 Å². The molecule has 2 aromatic rings. The Bertz CT molecular complexity index is 715. The smallest absolute Gasteiger partial charge is 0.345 e. The van der Waals surface area contributed by atoms with Gasteiger partial charge >= 0.3 is 6.18 Å². The van der Waals surface area contributed by atoms with Crippen LogP contribution in [-0.4, -0.2) is 4.57 Å². The summed E-state index contributed by atoms with van der Waals surface area (Å²) in [6.07, 6.45) is -2.23. The molecule has 0 unspecified atom stereocenters. The summed E-state index contributed by atoms with van der Waals surface area (Å²) in [5.41, 5.74) is 0.261. The van der Waals surface area contributed by atoms with Gasteiger partial charge in [-0.1, -0.05) is 0 Å². The van der Waals surface area contributed by atoms with Crippen molar-refractivity contribution in [2.75, 3.05) is 0 Å². The minimum absolute atomic E-state index is 0.134. The van der Waals surface area contributed by atoms with Crippen LogP contribution in [0.1, 0.15) is 29.7 Å². The van der Waals surface area contributed by atoms with Gasteiger partial charge in [0.25, 0.3) is 0 Å². The number of nitrogens with zero attached hydrogens (tertiary/aromatic N) is 2. The van der Waals surface area contributed by atoms with Gasteiger partial charge in [0.15, 0.2) is 0 Å². The van der Waals surface area contributed by atoms with E-state index in [-0.39, 0.29) is 10.9 Å². The van der Waals surface area contributed by atoms with Gasteiger partial charge in [0.2, 0.25) is 0 Å². The Labute approximate surface area is 114 Å². The van der Waals surface area contributed by atoms with Gasteiger partial charge in [-0.2, -0.15) is 18.4 Å². The first kappa shape index (κ1) is 13.0. The van der Waals surface area contributed by atoms with Gasteiger partial charge in [-0.15, -0.1) is 0 Å². The number of hydrogen-bond donors (Lipinski definition) is 0. The van der Waals surface area contributed by atoms with Crippen molar-refractivity contribution < 1.29 is 13.2 Å². The van der Waals surface area contributed by atoms with Crippen molar-refractivity contribution in [3.05, 3.63) is 35.0 Å². The van der Waals surface area contributed by atoms with E-state index in [0.717, 1.165) is 25.1 Å². The third-order valence-corrected chi connectivity index (χ3v) is 3.83. The van der Waals surface area contributed by atoms with Crippen molar-refractivity contribution in [3.63, 3.8) is 0 Å². The first-order valence-corrected chi connectivity index (χ1v) is 6.52. The van der Waals surface area contributed by atoms with Crippen LogP contribution in [0.25, 0.3) is 10.9 Å². The minimum atomic E-state index is -4.51. The highest BCUT2D eigenvalue weighted by Gasteiger charge is 2.36. The van der Waals surface area contributed by atoms with Crippen LogP contribution in [0.15, 0.2) is 18.2 Å². The van der Waals surface area contributed by atoms with Crippen molar-refractivity contribution in [1.29, 1.82) is 5.26 Å². The topological polar surface area (TPSA) is 28.7 Å². The fraction of sp³-hybridized carbons (Fsp3) is 0.400. The molecular formula is C15H13F3N2. The van der Waals surface area contributed by atoms with Gasteiger partial charge in [-0.3, -0.25) is 0 Å². The summed E-state index contributed by atoms with van der Waals surface area (Å²) < 4.78 is 41.6. The normalized spacial score (nSPS) is 15.6. The van der Waals surface area contributed by atoms with Crippen molar-refractivity contribution >= 4 is 10.9 Å². The quantitative estimate of drug-likeness (QED) is 0.807. The second-order valence-electron chi connectivity index (χ2n) is 5.37. The van der Waals surface area contributed by atoms with Crippen LogP contribution >= 0.6 is 0 Å². The van der Waals surface area contributed by atoms with Crippen molar-refractivity contribution in [2.45, 2.75) is 32.5 Å². The maximum atomic E-state index is 13.2.